The smallest absolute Gasteiger partial charge is 0.339 e. The highest BCUT2D eigenvalue weighted by Gasteiger charge is 2.44. The molecule has 0 radical (unpaired) electrons. The predicted octanol–water partition coefficient (Wildman–Crippen LogP) is 6.17. The molecule has 10 nitrogen and oxygen atoms in total. The highest BCUT2D eigenvalue weighted by Crippen LogP contribution is 2.45. The molecule has 8 rings (SSSR count). The van der Waals surface area contributed by atoms with Crippen LogP contribution in [0.15, 0.2) is 77.5 Å². The van der Waals surface area contributed by atoms with Crippen molar-refractivity contribution in [1.29, 1.82) is 0 Å². The molecule has 0 bridgehead atoms. The minimum absolute atomic E-state index is 0.0408. The highest BCUT2D eigenvalue weighted by molar-refractivity contribution is 6.98. The van der Waals surface area contributed by atoms with Crippen LogP contribution in [-0.2, 0) is 13.2 Å². The third-order valence-corrected chi connectivity index (χ3v) is 14.6. The molecule has 2 fully saturated rings. The van der Waals surface area contributed by atoms with Crippen molar-refractivity contribution in [2.24, 2.45) is 0 Å². The maximum absolute atomic E-state index is 17.1. The molecule has 3 aliphatic heterocycles. The molecule has 15 heteroatoms. The molecule has 4 aliphatic rings. The Morgan fingerprint density at radius 2 is 1.68 bits per heavy atom. The van der Waals surface area contributed by atoms with Gasteiger partial charge >= 0.3 is 5.97 Å². The average Bonchev–Trinajstić information content (AvgIpc) is 3.11. The molecule has 3 aromatic carbocycles. The molecule has 0 spiro atoms. The summed E-state index contributed by atoms with van der Waals surface area (Å²) in [6, 6.07) is 14.0. The van der Waals surface area contributed by atoms with E-state index in [9.17, 15) is 14.7 Å². The van der Waals surface area contributed by atoms with Crippen LogP contribution in [0.3, 0.4) is 0 Å². The number of carboxylic acids is 1. The Morgan fingerprint density at radius 3 is 2.32 bits per heavy atom. The maximum Gasteiger partial charge on any atom is 0.339 e. The van der Waals surface area contributed by atoms with Gasteiger partial charge in [-0.2, -0.15) is 4.98 Å². The zero-order valence-electron chi connectivity index (χ0n) is 30.6. The van der Waals surface area contributed by atoms with Crippen molar-refractivity contribution in [2.75, 3.05) is 36.8 Å². The van der Waals surface area contributed by atoms with Crippen LogP contribution in [0.25, 0.3) is 5.57 Å². The molecule has 1 amide bonds. The zero-order chi connectivity index (χ0) is 39.5. The van der Waals surface area contributed by atoms with E-state index in [4.69, 9.17) is 22.1 Å². The quantitative estimate of drug-likeness (QED) is 0.0794. The molecule has 0 unspecified atom stereocenters. The number of hydrogen-bond donors (Lipinski definition) is 3. The Hall–Kier alpha value is -5.73. The lowest BCUT2D eigenvalue weighted by Gasteiger charge is -2.40. The van der Waals surface area contributed by atoms with Crippen LogP contribution in [0.2, 0.25) is 18.2 Å². The van der Waals surface area contributed by atoms with E-state index in [0.717, 1.165) is 66.4 Å². The van der Waals surface area contributed by atoms with Gasteiger partial charge in [-0.15, -0.1) is 0 Å². The largest absolute Gasteiger partial charge is 0.478 e. The first-order chi connectivity index (χ1) is 26.8. The number of rotatable bonds is 9. The number of anilines is 2. The lowest BCUT2D eigenvalue weighted by Crippen LogP contribution is -2.50. The van der Waals surface area contributed by atoms with E-state index in [1.807, 2.05) is 24.3 Å². The van der Waals surface area contributed by atoms with Crippen molar-refractivity contribution >= 4 is 59.7 Å². The van der Waals surface area contributed by atoms with Gasteiger partial charge in [0, 0.05) is 49.1 Å². The standard InChI is InChI=1S/C41H36ClF3N6O4Si/c1-56(2)28-17-24(50-13-3-14-50)9-11-26(28)32(27-12-10-25(18-29(27)56)51-15-4-16-51)33-34(40(53)54)37(44)38(45)35(36(33)43)39(52)47-20-22-5-7-23(8-6-22)21-55-31-19-30(42)48-41(46)49-31/h5-12,17-19H,3-4,13-16,20-21H2,1-2H3,(H3-,46,47,48,49,52,53,54)/p+1. The van der Waals surface area contributed by atoms with Gasteiger partial charge in [-0.25, -0.2) is 27.5 Å². The maximum atomic E-state index is 17.1. The molecule has 0 atom stereocenters. The molecular formula is C41H37ClF3N6O4Si+. The van der Waals surface area contributed by atoms with Crippen LogP contribution in [0.1, 0.15) is 55.8 Å². The zero-order valence-corrected chi connectivity index (χ0v) is 32.3. The van der Waals surface area contributed by atoms with E-state index in [2.05, 4.69) is 50.0 Å². The molecule has 4 heterocycles. The van der Waals surface area contributed by atoms with Crippen LogP contribution in [0.5, 0.6) is 5.88 Å². The molecule has 1 aromatic heterocycles. The first-order valence-corrected chi connectivity index (χ1v) is 21.6. The van der Waals surface area contributed by atoms with Gasteiger partial charge in [-0.05, 0) is 62.8 Å². The number of nitrogen functional groups attached to an aromatic ring is 1. The van der Waals surface area contributed by atoms with Crippen molar-refractivity contribution in [2.45, 2.75) is 39.1 Å². The summed E-state index contributed by atoms with van der Waals surface area (Å²) in [6.45, 7) is 7.86. The minimum atomic E-state index is -2.56. The second kappa shape index (κ2) is 14.4. The molecule has 56 heavy (non-hydrogen) atoms. The van der Waals surface area contributed by atoms with Gasteiger partial charge in [0.15, 0.2) is 17.3 Å². The molecular weight excluding hydrogens is 761 g/mol. The SMILES string of the molecule is C[Si]1(C)C2=CC(=[N+]3CCC3)C=CC2=C(c2c(F)c(C(=O)NCc3ccc(COc4cc(Cl)nc(N)n4)cc3)c(F)c(F)c2C(=O)O)c2ccc(N3CCC3)cc21. The van der Waals surface area contributed by atoms with Crippen molar-refractivity contribution < 1.29 is 37.2 Å². The van der Waals surface area contributed by atoms with Gasteiger partial charge < -0.3 is 25.8 Å². The fraction of sp³-hybridized carbons (Fsp3) is 0.244. The number of aromatic carboxylic acids is 1. The fourth-order valence-electron chi connectivity index (χ4n) is 7.60. The Bertz CT molecular complexity index is 2450. The van der Waals surface area contributed by atoms with Crippen molar-refractivity contribution in [1.82, 2.24) is 15.3 Å². The lowest BCUT2D eigenvalue weighted by molar-refractivity contribution is -0.582. The van der Waals surface area contributed by atoms with Crippen molar-refractivity contribution in [3.63, 3.8) is 0 Å². The number of benzene rings is 3. The minimum Gasteiger partial charge on any atom is -0.478 e. The third-order valence-electron chi connectivity index (χ3n) is 10.9. The summed E-state index contributed by atoms with van der Waals surface area (Å²) in [5, 5.41) is 14.8. The number of hydrogen-bond acceptors (Lipinski definition) is 7. The number of fused-ring (bicyclic) bond motifs is 2. The van der Waals surface area contributed by atoms with Crippen LogP contribution < -0.4 is 25.9 Å². The Morgan fingerprint density at radius 1 is 0.964 bits per heavy atom. The first kappa shape index (κ1) is 37.2. The van der Waals surface area contributed by atoms with Gasteiger partial charge in [-0.3, -0.25) is 4.79 Å². The number of carbonyl (C=O) groups excluding carboxylic acids is 1. The number of aromatic nitrogens is 2. The van der Waals surface area contributed by atoms with E-state index in [1.54, 1.807) is 24.3 Å². The number of nitrogens with zero attached hydrogens (tertiary/aromatic N) is 4. The number of halogens is 4. The van der Waals surface area contributed by atoms with Crippen LogP contribution >= 0.6 is 11.6 Å². The monoisotopic (exact) mass is 797 g/mol. The molecule has 2 saturated heterocycles. The Balaban J connectivity index is 1.17. The van der Waals surface area contributed by atoms with E-state index in [-0.39, 0.29) is 35.7 Å². The topological polar surface area (TPSA) is 134 Å². The van der Waals surface area contributed by atoms with E-state index in [0.29, 0.717) is 16.7 Å². The number of nitrogens with two attached hydrogens (primary N) is 1. The predicted molar refractivity (Wildman–Crippen MR) is 210 cm³/mol. The molecule has 0 saturated carbocycles. The van der Waals surface area contributed by atoms with Gasteiger partial charge in [0.2, 0.25) is 11.8 Å². The summed E-state index contributed by atoms with van der Waals surface area (Å²) in [7, 11) is -2.56. The third kappa shape index (κ3) is 6.55. The summed E-state index contributed by atoms with van der Waals surface area (Å²) in [4.78, 5) is 36.4. The Labute approximate surface area is 326 Å². The fourth-order valence-corrected chi connectivity index (χ4v) is 10.9. The summed E-state index contributed by atoms with van der Waals surface area (Å²) in [6.07, 6.45) is 7.90. The summed E-state index contributed by atoms with van der Waals surface area (Å²) in [5.74, 6) is -8.11. The van der Waals surface area contributed by atoms with E-state index in [1.165, 1.54) is 6.07 Å². The van der Waals surface area contributed by atoms with Gasteiger partial charge in [0.05, 0.1) is 6.42 Å². The molecule has 1 aliphatic carbocycles. The second-order valence-corrected chi connectivity index (χ2v) is 19.4. The highest BCUT2D eigenvalue weighted by atomic mass is 35.5. The van der Waals surface area contributed by atoms with E-state index < -0.39 is 54.1 Å². The summed E-state index contributed by atoms with van der Waals surface area (Å²) < 4.78 is 57.0. The van der Waals surface area contributed by atoms with Crippen molar-refractivity contribution in [3.8, 4) is 5.88 Å². The van der Waals surface area contributed by atoms with Gasteiger partial charge in [0.25, 0.3) is 5.91 Å². The van der Waals surface area contributed by atoms with E-state index >= 15 is 13.2 Å². The van der Waals surface area contributed by atoms with Crippen molar-refractivity contribution in [3.05, 3.63) is 134 Å². The van der Waals surface area contributed by atoms with Crippen LogP contribution in [0.4, 0.5) is 24.8 Å². The molecule has 4 N–H and O–H groups in total. The van der Waals surface area contributed by atoms with Crippen LogP contribution in [-0.4, -0.2) is 71.5 Å². The van der Waals surface area contributed by atoms with Crippen LogP contribution in [0, 0.1) is 17.5 Å². The summed E-state index contributed by atoms with van der Waals surface area (Å²) in [5.41, 5.74) is 7.01. The van der Waals surface area contributed by atoms with Gasteiger partial charge in [-0.1, -0.05) is 55.0 Å². The second-order valence-electron chi connectivity index (χ2n) is 14.7. The number of allylic oxidation sites excluding steroid dienone is 5. The molecule has 4 aromatic rings. The first-order valence-electron chi connectivity index (χ1n) is 18.2. The summed E-state index contributed by atoms with van der Waals surface area (Å²) >= 11 is 5.91. The number of nitrogens with one attached hydrogen (secondary N) is 1. The number of carboxylic acid groups (broad SMARTS) is 1. The normalized spacial score (nSPS) is 16.8. The lowest BCUT2D eigenvalue weighted by atomic mass is 9.85. The number of amides is 1. The average molecular weight is 798 g/mol. The number of ether oxygens (including phenoxy) is 1. The molecule has 286 valence electrons. The Kier molecular flexibility index (Phi) is 9.57. The van der Waals surface area contributed by atoms with Gasteiger partial charge in [0.1, 0.15) is 49.9 Å². The number of carbonyl (C=O) groups is 2.